The van der Waals surface area contributed by atoms with Crippen LogP contribution in [-0.4, -0.2) is 23.5 Å². The lowest BCUT2D eigenvalue weighted by Gasteiger charge is -2.41. The van der Waals surface area contributed by atoms with Gasteiger partial charge in [0.05, 0.1) is 6.61 Å². The Morgan fingerprint density at radius 2 is 2.05 bits per heavy atom. The van der Waals surface area contributed by atoms with Crippen LogP contribution in [-0.2, 0) is 5.41 Å². The van der Waals surface area contributed by atoms with Crippen LogP contribution in [0.5, 0.6) is 5.75 Å². The molecule has 2 nitrogen and oxygen atoms in total. The summed E-state index contributed by atoms with van der Waals surface area (Å²) < 4.78 is 44.6. The Morgan fingerprint density at radius 1 is 1.40 bits per heavy atom. The third kappa shape index (κ3) is 2.42. The topological polar surface area (TPSA) is 29.5 Å². The van der Waals surface area contributed by atoms with E-state index in [-0.39, 0.29) is 0 Å². The second-order valence-electron chi connectivity index (χ2n) is 5.46. The van der Waals surface area contributed by atoms with Crippen LogP contribution in [0.2, 0.25) is 0 Å². The van der Waals surface area contributed by atoms with E-state index < -0.39 is 23.6 Å². The zero-order valence-corrected chi connectivity index (χ0v) is 11.2. The van der Waals surface area contributed by atoms with Crippen molar-refractivity contribution in [2.75, 3.05) is 6.61 Å². The molecule has 1 N–H and O–H groups in total. The van der Waals surface area contributed by atoms with E-state index >= 15 is 0 Å². The summed E-state index contributed by atoms with van der Waals surface area (Å²) in [5.41, 5.74) is -3.02. The number of fused-ring (bicyclic) bond motifs is 1. The minimum atomic E-state index is -4.75. The van der Waals surface area contributed by atoms with Gasteiger partial charge in [-0.05, 0) is 18.9 Å². The van der Waals surface area contributed by atoms with Gasteiger partial charge in [0.15, 0.2) is 5.60 Å². The van der Waals surface area contributed by atoms with Gasteiger partial charge in [-0.25, -0.2) is 0 Å². The van der Waals surface area contributed by atoms with Gasteiger partial charge in [-0.3, -0.25) is 0 Å². The van der Waals surface area contributed by atoms with Gasteiger partial charge in [-0.1, -0.05) is 37.8 Å². The van der Waals surface area contributed by atoms with Crippen molar-refractivity contribution in [1.29, 1.82) is 0 Å². The van der Waals surface area contributed by atoms with E-state index in [1.165, 1.54) is 0 Å². The maximum absolute atomic E-state index is 13.1. The second-order valence-corrected chi connectivity index (χ2v) is 5.46. The predicted octanol–water partition coefficient (Wildman–Crippen LogP) is 3.60. The highest BCUT2D eigenvalue weighted by molar-refractivity contribution is 5.41. The third-order valence-electron chi connectivity index (χ3n) is 3.94. The number of ether oxygens (including phenoxy) is 1. The Kier molecular flexibility index (Phi) is 3.58. The fourth-order valence-corrected chi connectivity index (χ4v) is 2.68. The first-order valence-electron chi connectivity index (χ1n) is 6.37. The normalized spacial score (nSPS) is 25.2. The van der Waals surface area contributed by atoms with Crippen LogP contribution in [0.3, 0.4) is 0 Å². The summed E-state index contributed by atoms with van der Waals surface area (Å²) >= 11 is 0. The Hall–Kier alpha value is -1.49. The number of benzene rings is 1. The number of hydrogen-bond acceptors (Lipinski definition) is 2. The molecule has 0 saturated carbocycles. The molecule has 0 spiro atoms. The average Bonchev–Trinajstić information content (AvgIpc) is 2.37. The summed E-state index contributed by atoms with van der Waals surface area (Å²) in [5.74, 6) is 0.579. The monoisotopic (exact) mass is 286 g/mol. The molecule has 0 aliphatic carbocycles. The van der Waals surface area contributed by atoms with E-state index in [2.05, 4.69) is 6.58 Å². The number of alkyl halides is 3. The van der Waals surface area contributed by atoms with E-state index in [1.807, 2.05) is 0 Å². The van der Waals surface area contributed by atoms with E-state index in [1.54, 1.807) is 31.2 Å². The molecule has 1 heterocycles. The van der Waals surface area contributed by atoms with Crippen molar-refractivity contribution in [1.82, 2.24) is 0 Å². The number of aliphatic hydroxyl groups is 1. The average molecular weight is 286 g/mol. The van der Waals surface area contributed by atoms with Crippen LogP contribution in [0.25, 0.3) is 0 Å². The Balaban J connectivity index is 2.40. The first-order valence-corrected chi connectivity index (χ1v) is 6.37. The minimum absolute atomic E-state index is 0.332. The highest BCUT2D eigenvalue weighted by Crippen LogP contribution is 2.47. The Morgan fingerprint density at radius 3 is 2.65 bits per heavy atom. The van der Waals surface area contributed by atoms with Crippen molar-refractivity contribution in [3.63, 3.8) is 0 Å². The first kappa shape index (κ1) is 14.9. The molecule has 0 saturated heterocycles. The van der Waals surface area contributed by atoms with Crippen LogP contribution < -0.4 is 4.74 Å². The van der Waals surface area contributed by atoms with Crippen LogP contribution in [0.1, 0.15) is 25.3 Å². The van der Waals surface area contributed by atoms with Crippen molar-refractivity contribution < 1.29 is 23.0 Å². The molecule has 0 aromatic heterocycles. The highest BCUT2D eigenvalue weighted by atomic mass is 19.4. The quantitative estimate of drug-likeness (QED) is 0.860. The molecule has 1 aromatic rings. The highest BCUT2D eigenvalue weighted by Gasteiger charge is 2.55. The summed E-state index contributed by atoms with van der Waals surface area (Å²) in [4.78, 5) is 0. The van der Waals surface area contributed by atoms with E-state index in [0.29, 0.717) is 30.4 Å². The smallest absolute Gasteiger partial charge is 0.420 e. The van der Waals surface area contributed by atoms with Crippen LogP contribution >= 0.6 is 0 Å². The summed E-state index contributed by atoms with van der Waals surface area (Å²) in [6, 6.07) is 7.00. The van der Waals surface area contributed by atoms with E-state index in [9.17, 15) is 18.3 Å². The molecule has 2 unspecified atom stereocenters. The van der Waals surface area contributed by atoms with Gasteiger partial charge in [0.1, 0.15) is 5.75 Å². The molecule has 1 aliphatic rings. The van der Waals surface area contributed by atoms with Crippen molar-refractivity contribution >= 4 is 0 Å². The van der Waals surface area contributed by atoms with Crippen molar-refractivity contribution in [2.45, 2.75) is 37.0 Å². The van der Waals surface area contributed by atoms with Gasteiger partial charge in [0.25, 0.3) is 0 Å². The molecule has 0 fully saturated rings. The van der Waals surface area contributed by atoms with Gasteiger partial charge in [0, 0.05) is 11.0 Å². The Bertz CT molecular complexity index is 512. The molecule has 1 aliphatic heterocycles. The van der Waals surface area contributed by atoms with Crippen LogP contribution in [0.4, 0.5) is 13.2 Å². The lowest BCUT2D eigenvalue weighted by Crippen LogP contribution is -2.49. The van der Waals surface area contributed by atoms with Gasteiger partial charge in [-0.2, -0.15) is 13.2 Å². The predicted molar refractivity (Wildman–Crippen MR) is 69.7 cm³/mol. The summed E-state index contributed by atoms with van der Waals surface area (Å²) in [6.07, 6.45) is -4.22. The van der Waals surface area contributed by atoms with E-state index in [4.69, 9.17) is 4.74 Å². The standard InChI is InChI=1S/C15H17F3O2/c1-3-14(19,15(16,17)18)10-13(2)8-9-20-12-7-5-4-6-11(12)13/h3-7,19H,1,8-10H2,2H3. The Labute approximate surface area is 115 Å². The zero-order chi connectivity index (χ0) is 15.0. The maximum Gasteiger partial charge on any atom is 0.420 e. The largest absolute Gasteiger partial charge is 0.493 e. The van der Waals surface area contributed by atoms with Gasteiger partial charge in [-0.15, -0.1) is 0 Å². The van der Waals surface area contributed by atoms with Gasteiger partial charge in [0.2, 0.25) is 0 Å². The second kappa shape index (κ2) is 4.81. The lowest BCUT2D eigenvalue weighted by molar-refractivity contribution is -0.246. The van der Waals surface area contributed by atoms with Gasteiger partial charge < -0.3 is 9.84 Å². The van der Waals surface area contributed by atoms with Crippen LogP contribution in [0, 0.1) is 0 Å². The lowest BCUT2D eigenvalue weighted by atomic mass is 9.70. The van der Waals surface area contributed by atoms with Crippen molar-refractivity contribution in [3.05, 3.63) is 42.5 Å². The number of halogens is 3. The third-order valence-corrected chi connectivity index (χ3v) is 3.94. The summed E-state index contributed by atoms with van der Waals surface area (Å²) in [7, 11) is 0. The molecule has 0 bridgehead atoms. The zero-order valence-electron chi connectivity index (χ0n) is 11.2. The molecule has 2 rings (SSSR count). The summed E-state index contributed by atoms with van der Waals surface area (Å²) in [6.45, 7) is 5.20. The van der Waals surface area contributed by atoms with Crippen molar-refractivity contribution in [3.8, 4) is 5.75 Å². The molecule has 0 radical (unpaired) electrons. The molecular weight excluding hydrogens is 269 g/mol. The van der Waals surface area contributed by atoms with Crippen molar-refractivity contribution in [2.24, 2.45) is 0 Å². The number of para-hydroxylation sites is 1. The first-order chi connectivity index (χ1) is 9.22. The number of rotatable bonds is 3. The molecule has 20 heavy (non-hydrogen) atoms. The molecular formula is C15H17F3O2. The maximum atomic E-state index is 13.1. The minimum Gasteiger partial charge on any atom is -0.493 e. The fraction of sp³-hybridized carbons (Fsp3) is 0.467. The molecule has 2 atom stereocenters. The molecule has 1 aromatic carbocycles. The molecule has 0 amide bonds. The number of hydrogen-bond donors (Lipinski definition) is 1. The van der Waals surface area contributed by atoms with Crippen LogP contribution in [0.15, 0.2) is 36.9 Å². The molecule has 110 valence electrons. The molecule has 5 heteroatoms. The summed E-state index contributed by atoms with van der Waals surface area (Å²) in [5, 5.41) is 9.92. The van der Waals surface area contributed by atoms with Gasteiger partial charge >= 0.3 is 6.18 Å². The van der Waals surface area contributed by atoms with E-state index in [0.717, 1.165) is 0 Å². The SMILES string of the molecule is C=CC(O)(CC1(C)CCOc2ccccc21)C(F)(F)F. The fourth-order valence-electron chi connectivity index (χ4n) is 2.68.